The van der Waals surface area contributed by atoms with E-state index in [4.69, 9.17) is 19.9 Å². The highest BCUT2D eigenvalue weighted by molar-refractivity contribution is 9.10. The zero-order valence-electron chi connectivity index (χ0n) is 12.7. The lowest BCUT2D eigenvalue weighted by molar-refractivity contribution is 0.0197. The van der Waals surface area contributed by atoms with Crippen LogP contribution in [0.2, 0.25) is 0 Å². The summed E-state index contributed by atoms with van der Waals surface area (Å²) in [4.78, 5) is 0. The smallest absolute Gasteiger partial charge is 0.175 e. The zero-order chi connectivity index (χ0) is 15.2. The Morgan fingerprint density at radius 2 is 2.05 bits per heavy atom. The van der Waals surface area contributed by atoms with Crippen molar-refractivity contribution < 1.29 is 14.2 Å². The third kappa shape index (κ3) is 4.34. The molecule has 0 amide bonds. The first-order valence-corrected chi connectivity index (χ1v) is 8.32. The number of benzene rings is 1. The minimum Gasteiger partial charge on any atom is -0.490 e. The van der Waals surface area contributed by atoms with Crippen LogP contribution < -0.4 is 15.2 Å². The Morgan fingerprint density at radius 1 is 1.29 bits per heavy atom. The zero-order valence-corrected chi connectivity index (χ0v) is 14.3. The third-order valence-corrected chi connectivity index (χ3v) is 4.39. The summed E-state index contributed by atoms with van der Waals surface area (Å²) in [5, 5.41) is 0. The van der Waals surface area contributed by atoms with Gasteiger partial charge in [0.25, 0.3) is 0 Å². The Bertz CT molecular complexity index is 467. The minimum absolute atomic E-state index is 0.169. The van der Waals surface area contributed by atoms with Crippen LogP contribution in [-0.2, 0) is 11.3 Å². The quantitative estimate of drug-likeness (QED) is 0.844. The fourth-order valence-corrected chi connectivity index (χ4v) is 3.29. The fourth-order valence-electron chi connectivity index (χ4n) is 2.71. The van der Waals surface area contributed by atoms with Gasteiger partial charge in [-0.05, 0) is 59.8 Å². The lowest BCUT2D eigenvalue weighted by atomic mass is 9.95. The molecule has 2 unspecified atom stereocenters. The van der Waals surface area contributed by atoms with Gasteiger partial charge in [-0.15, -0.1) is 0 Å². The average Bonchev–Trinajstić information content (AvgIpc) is 2.50. The van der Waals surface area contributed by atoms with E-state index in [0.717, 1.165) is 47.2 Å². The van der Waals surface area contributed by atoms with Crippen LogP contribution in [0.1, 0.15) is 38.2 Å². The van der Waals surface area contributed by atoms with Gasteiger partial charge in [-0.25, -0.2) is 0 Å². The molecule has 2 N–H and O–H groups in total. The molecule has 0 aromatic heterocycles. The van der Waals surface area contributed by atoms with Crippen molar-refractivity contribution in [1.29, 1.82) is 0 Å². The predicted octanol–water partition coefficient (Wildman–Crippen LogP) is 3.64. The molecule has 118 valence electrons. The summed E-state index contributed by atoms with van der Waals surface area (Å²) in [7, 11) is 1.77. The second-order valence-corrected chi connectivity index (χ2v) is 6.16. The number of methoxy groups -OCH3 is 1. The Balaban J connectivity index is 2.17. The molecule has 5 heteroatoms. The van der Waals surface area contributed by atoms with Crippen LogP contribution in [0.25, 0.3) is 0 Å². The van der Waals surface area contributed by atoms with Crippen LogP contribution in [0.15, 0.2) is 16.6 Å². The molecule has 1 aliphatic carbocycles. The molecule has 0 radical (unpaired) electrons. The Hall–Kier alpha value is -0.780. The van der Waals surface area contributed by atoms with Crippen molar-refractivity contribution in [3.05, 3.63) is 22.2 Å². The third-order valence-electron chi connectivity index (χ3n) is 3.80. The Morgan fingerprint density at radius 3 is 2.71 bits per heavy atom. The van der Waals surface area contributed by atoms with Gasteiger partial charge in [0, 0.05) is 20.1 Å². The molecule has 0 saturated heterocycles. The molecule has 2 rings (SSSR count). The van der Waals surface area contributed by atoms with E-state index in [1.165, 1.54) is 0 Å². The van der Waals surface area contributed by atoms with Crippen molar-refractivity contribution in [3.8, 4) is 11.5 Å². The van der Waals surface area contributed by atoms with Crippen molar-refractivity contribution in [2.75, 3.05) is 13.7 Å². The predicted molar refractivity (Wildman–Crippen MR) is 86.9 cm³/mol. The van der Waals surface area contributed by atoms with Gasteiger partial charge in [0.1, 0.15) is 6.10 Å². The summed E-state index contributed by atoms with van der Waals surface area (Å²) in [6.45, 7) is 3.05. The monoisotopic (exact) mass is 357 g/mol. The Labute approximate surface area is 135 Å². The number of hydrogen-bond donors (Lipinski definition) is 1. The van der Waals surface area contributed by atoms with Gasteiger partial charge in [0.15, 0.2) is 11.5 Å². The Kier molecular flexibility index (Phi) is 6.33. The highest BCUT2D eigenvalue weighted by atomic mass is 79.9. The molecular weight excluding hydrogens is 334 g/mol. The maximum absolute atomic E-state index is 6.21. The number of nitrogens with two attached hydrogens (primary N) is 1. The molecule has 1 aromatic carbocycles. The number of hydrogen-bond acceptors (Lipinski definition) is 4. The van der Waals surface area contributed by atoms with Crippen molar-refractivity contribution in [2.45, 2.75) is 51.4 Å². The van der Waals surface area contributed by atoms with E-state index in [-0.39, 0.29) is 6.10 Å². The van der Waals surface area contributed by atoms with Crippen LogP contribution in [0.5, 0.6) is 11.5 Å². The highest BCUT2D eigenvalue weighted by Crippen LogP contribution is 2.39. The van der Waals surface area contributed by atoms with Crippen molar-refractivity contribution in [2.24, 2.45) is 5.73 Å². The molecule has 0 aliphatic heterocycles. The molecule has 2 atom stereocenters. The van der Waals surface area contributed by atoms with Gasteiger partial charge in [0.05, 0.1) is 17.2 Å². The summed E-state index contributed by atoms with van der Waals surface area (Å²) in [5.74, 6) is 1.53. The molecule has 21 heavy (non-hydrogen) atoms. The first-order chi connectivity index (χ1) is 10.2. The topological polar surface area (TPSA) is 53.7 Å². The minimum atomic E-state index is 0.169. The fraction of sp³-hybridized carbons (Fsp3) is 0.625. The van der Waals surface area contributed by atoms with E-state index >= 15 is 0 Å². The van der Waals surface area contributed by atoms with Crippen molar-refractivity contribution in [3.63, 3.8) is 0 Å². The summed E-state index contributed by atoms with van der Waals surface area (Å²) < 4.78 is 18.3. The van der Waals surface area contributed by atoms with E-state index in [2.05, 4.69) is 15.9 Å². The van der Waals surface area contributed by atoms with Crippen LogP contribution in [0.3, 0.4) is 0 Å². The normalized spacial score (nSPS) is 22.1. The highest BCUT2D eigenvalue weighted by Gasteiger charge is 2.25. The molecule has 1 aliphatic rings. The molecule has 0 heterocycles. The van der Waals surface area contributed by atoms with Gasteiger partial charge >= 0.3 is 0 Å². The number of ether oxygens (including phenoxy) is 3. The van der Waals surface area contributed by atoms with Crippen LogP contribution >= 0.6 is 15.9 Å². The average molecular weight is 358 g/mol. The molecule has 1 saturated carbocycles. The lowest BCUT2D eigenvalue weighted by Gasteiger charge is -2.29. The number of rotatable bonds is 6. The van der Waals surface area contributed by atoms with Crippen LogP contribution in [-0.4, -0.2) is 25.9 Å². The van der Waals surface area contributed by atoms with Gasteiger partial charge in [-0.3, -0.25) is 0 Å². The standard InChI is InChI=1S/C16H24BrNO3/c1-3-20-15-8-11(10-18)7-14(17)16(15)21-13-6-4-5-12(9-13)19-2/h7-8,12-13H,3-6,9-10,18H2,1-2H3. The summed E-state index contributed by atoms with van der Waals surface area (Å²) >= 11 is 3.58. The summed E-state index contributed by atoms with van der Waals surface area (Å²) in [6.07, 6.45) is 4.68. The van der Waals surface area contributed by atoms with E-state index in [1.807, 2.05) is 19.1 Å². The second-order valence-electron chi connectivity index (χ2n) is 5.31. The van der Waals surface area contributed by atoms with E-state index < -0.39 is 0 Å². The van der Waals surface area contributed by atoms with Crippen LogP contribution in [0.4, 0.5) is 0 Å². The van der Waals surface area contributed by atoms with Crippen LogP contribution in [0, 0.1) is 0 Å². The molecule has 0 spiro atoms. The van der Waals surface area contributed by atoms with E-state index in [9.17, 15) is 0 Å². The van der Waals surface area contributed by atoms with Gasteiger partial charge in [-0.1, -0.05) is 0 Å². The SMILES string of the molecule is CCOc1cc(CN)cc(Br)c1OC1CCCC(OC)C1. The molecule has 0 bridgehead atoms. The van der Waals surface area contributed by atoms with Gasteiger partial charge < -0.3 is 19.9 Å². The maximum atomic E-state index is 6.21. The molecule has 1 fully saturated rings. The second kappa shape index (κ2) is 8.01. The first kappa shape index (κ1) is 16.6. The summed E-state index contributed by atoms with van der Waals surface area (Å²) in [6, 6.07) is 3.95. The summed E-state index contributed by atoms with van der Waals surface area (Å²) in [5.41, 5.74) is 6.74. The van der Waals surface area contributed by atoms with E-state index in [0.29, 0.717) is 19.3 Å². The number of halogens is 1. The molecule has 1 aromatic rings. The van der Waals surface area contributed by atoms with Crippen molar-refractivity contribution >= 4 is 15.9 Å². The van der Waals surface area contributed by atoms with Crippen molar-refractivity contribution in [1.82, 2.24) is 0 Å². The first-order valence-electron chi connectivity index (χ1n) is 7.52. The van der Waals surface area contributed by atoms with Gasteiger partial charge in [-0.2, -0.15) is 0 Å². The maximum Gasteiger partial charge on any atom is 0.175 e. The van der Waals surface area contributed by atoms with E-state index in [1.54, 1.807) is 7.11 Å². The molecular formula is C16H24BrNO3. The van der Waals surface area contributed by atoms with Gasteiger partial charge in [0.2, 0.25) is 0 Å². The molecule has 4 nitrogen and oxygen atoms in total. The lowest BCUT2D eigenvalue weighted by Crippen LogP contribution is -2.29. The largest absolute Gasteiger partial charge is 0.490 e.